The fourth-order valence-corrected chi connectivity index (χ4v) is 3.15. The zero-order chi connectivity index (χ0) is 17.6. The quantitative estimate of drug-likeness (QED) is 0.710. The van der Waals surface area contributed by atoms with Gasteiger partial charge in [0.15, 0.2) is 0 Å². The monoisotopic (exact) mass is 353 g/mol. The Morgan fingerprint density at radius 1 is 1.20 bits per heavy atom. The number of anilines is 2. The van der Waals surface area contributed by atoms with Crippen LogP contribution in [0.15, 0.2) is 42.7 Å². The first-order valence-electron chi connectivity index (χ1n) is 7.96. The van der Waals surface area contributed by atoms with Gasteiger partial charge in [-0.05, 0) is 36.8 Å². The molecule has 0 radical (unpaired) electrons. The molecular weight excluding hydrogens is 334 g/mol. The number of nitrogens with one attached hydrogen (secondary N) is 2. The van der Waals surface area contributed by atoms with Crippen molar-refractivity contribution in [1.82, 2.24) is 20.3 Å². The SMILES string of the molecule is CC(=O)NCCc1ncc(-c2cccc(Nc3cc(C)ccn3)n2)s1. The number of carbonyl (C=O) groups excluding carboxylic acids is 1. The molecule has 7 heteroatoms. The van der Waals surface area contributed by atoms with Gasteiger partial charge in [-0.3, -0.25) is 4.79 Å². The van der Waals surface area contributed by atoms with Crippen LogP contribution in [0.2, 0.25) is 0 Å². The molecule has 0 saturated carbocycles. The molecule has 2 N–H and O–H groups in total. The van der Waals surface area contributed by atoms with E-state index in [1.165, 1.54) is 6.92 Å². The molecule has 0 saturated heterocycles. The van der Waals surface area contributed by atoms with Crippen molar-refractivity contribution in [3.8, 4) is 10.6 Å². The Morgan fingerprint density at radius 3 is 2.88 bits per heavy atom. The number of aromatic nitrogens is 3. The first kappa shape index (κ1) is 17.0. The minimum atomic E-state index is -0.0259. The lowest BCUT2D eigenvalue weighted by atomic mass is 10.3. The van der Waals surface area contributed by atoms with Crippen molar-refractivity contribution in [1.29, 1.82) is 0 Å². The van der Waals surface area contributed by atoms with Gasteiger partial charge in [-0.25, -0.2) is 15.0 Å². The Labute approximate surface area is 150 Å². The first-order chi connectivity index (χ1) is 12.1. The standard InChI is InChI=1S/C18H19N5OS/c1-12-6-8-20-17(10-12)23-16-5-3-4-14(22-16)15-11-21-18(25-15)7-9-19-13(2)24/h3-6,8,10-11H,7,9H2,1-2H3,(H,19,24)(H,20,22,23). The van der Waals surface area contributed by atoms with Gasteiger partial charge in [-0.1, -0.05) is 6.07 Å². The van der Waals surface area contributed by atoms with Gasteiger partial charge in [-0.15, -0.1) is 11.3 Å². The van der Waals surface area contributed by atoms with Crippen LogP contribution in [0.1, 0.15) is 17.5 Å². The van der Waals surface area contributed by atoms with Crippen LogP contribution >= 0.6 is 11.3 Å². The van der Waals surface area contributed by atoms with Gasteiger partial charge in [0, 0.05) is 32.3 Å². The molecular formula is C18H19N5OS. The van der Waals surface area contributed by atoms with Crippen LogP contribution in [-0.4, -0.2) is 27.4 Å². The molecule has 3 aromatic heterocycles. The van der Waals surface area contributed by atoms with E-state index in [0.717, 1.165) is 39.2 Å². The van der Waals surface area contributed by atoms with Crippen LogP contribution < -0.4 is 10.6 Å². The molecule has 25 heavy (non-hydrogen) atoms. The predicted molar refractivity (Wildman–Crippen MR) is 100.0 cm³/mol. The molecule has 0 aliphatic carbocycles. The average Bonchev–Trinajstić information content (AvgIpc) is 3.04. The van der Waals surface area contributed by atoms with E-state index in [0.29, 0.717) is 6.54 Å². The van der Waals surface area contributed by atoms with E-state index in [1.807, 2.05) is 43.5 Å². The topological polar surface area (TPSA) is 79.8 Å². The molecule has 1 amide bonds. The fourth-order valence-electron chi connectivity index (χ4n) is 2.27. The summed E-state index contributed by atoms with van der Waals surface area (Å²) in [6.45, 7) is 4.13. The number of hydrogen-bond acceptors (Lipinski definition) is 6. The predicted octanol–water partition coefficient (Wildman–Crippen LogP) is 3.33. The Bertz CT molecular complexity index is 877. The molecule has 3 rings (SSSR count). The highest BCUT2D eigenvalue weighted by molar-refractivity contribution is 7.15. The van der Waals surface area contributed by atoms with Crippen molar-refractivity contribution in [3.05, 3.63) is 53.3 Å². The number of nitrogens with zero attached hydrogens (tertiary/aromatic N) is 3. The van der Waals surface area contributed by atoms with Crippen LogP contribution in [0, 0.1) is 6.92 Å². The van der Waals surface area contributed by atoms with Gasteiger partial charge in [0.05, 0.1) is 15.6 Å². The number of hydrogen-bond donors (Lipinski definition) is 2. The molecule has 0 spiro atoms. The van der Waals surface area contributed by atoms with E-state index in [2.05, 4.69) is 25.6 Å². The van der Waals surface area contributed by atoms with Crippen LogP contribution in [0.3, 0.4) is 0 Å². The molecule has 0 fully saturated rings. The van der Waals surface area contributed by atoms with Crippen molar-refractivity contribution in [2.24, 2.45) is 0 Å². The summed E-state index contributed by atoms with van der Waals surface area (Å²) in [5.41, 5.74) is 2.00. The number of amides is 1. The summed E-state index contributed by atoms with van der Waals surface area (Å²) >= 11 is 1.59. The maximum Gasteiger partial charge on any atom is 0.216 e. The number of aryl methyl sites for hydroxylation is 1. The van der Waals surface area contributed by atoms with Crippen LogP contribution in [0.4, 0.5) is 11.6 Å². The maximum absolute atomic E-state index is 10.9. The minimum absolute atomic E-state index is 0.0259. The fraction of sp³-hybridized carbons (Fsp3) is 0.222. The lowest BCUT2D eigenvalue weighted by Crippen LogP contribution is -2.22. The molecule has 3 aromatic rings. The minimum Gasteiger partial charge on any atom is -0.356 e. The average molecular weight is 353 g/mol. The molecule has 0 bridgehead atoms. The Kier molecular flexibility index (Phi) is 5.35. The van der Waals surface area contributed by atoms with Crippen molar-refractivity contribution in [2.75, 3.05) is 11.9 Å². The second-order valence-corrected chi connectivity index (χ2v) is 6.72. The van der Waals surface area contributed by atoms with Crippen molar-refractivity contribution < 1.29 is 4.79 Å². The number of carbonyl (C=O) groups is 1. The van der Waals surface area contributed by atoms with Crippen molar-refractivity contribution in [3.63, 3.8) is 0 Å². The lowest BCUT2D eigenvalue weighted by molar-refractivity contribution is -0.118. The van der Waals surface area contributed by atoms with E-state index < -0.39 is 0 Å². The van der Waals surface area contributed by atoms with E-state index in [1.54, 1.807) is 17.5 Å². The van der Waals surface area contributed by atoms with Gasteiger partial charge in [0.1, 0.15) is 11.6 Å². The van der Waals surface area contributed by atoms with Gasteiger partial charge in [-0.2, -0.15) is 0 Å². The van der Waals surface area contributed by atoms with Crippen LogP contribution in [0.25, 0.3) is 10.6 Å². The van der Waals surface area contributed by atoms with Gasteiger partial charge >= 0.3 is 0 Å². The van der Waals surface area contributed by atoms with E-state index in [-0.39, 0.29) is 5.91 Å². The van der Waals surface area contributed by atoms with Crippen molar-refractivity contribution in [2.45, 2.75) is 20.3 Å². The number of pyridine rings is 2. The highest BCUT2D eigenvalue weighted by atomic mass is 32.1. The number of rotatable bonds is 6. The Hall–Kier alpha value is -2.80. The molecule has 0 aromatic carbocycles. The normalized spacial score (nSPS) is 10.5. The smallest absolute Gasteiger partial charge is 0.216 e. The van der Waals surface area contributed by atoms with Crippen LogP contribution in [0.5, 0.6) is 0 Å². The second kappa shape index (κ2) is 7.85. The van der Waals surface area contributed by atoms with Gasteiger partial charge < -0.3 is 10.6 Å². The summed E-state index contributed by atoms with van der Waals surface area (Å²) in [5.74, 6) is 1.48. The van der Waals surface area contributed by atoms with E-state index >= 15 is 0 Å². The van der Waals surface area contributed by atoms with Gasteiger partial charge in [0.25, 0.3) is 0 Å². The molecule has 0 aliphatic rings. The summed E-state index contributed by atoms with van der Waals surface area (Å²) in [4.78, 5) is 25.3. The molecule has 0 atom stereocenters. The molecule has 6 nitrogen and oxygen atoms in total. The summed E-state index contributed by atoms with van der Waals surface area (Å²) in [6, 6.07) is 9.75. The summed E-state index contributed by atoms with van der Waals surface area (Å²) in [7, 11) is 0. The third-order valence-corrected chi connectivity index (χ3v) is 4.52. The lowest BCUT2D eigenvalue weighted by Gasteiger charge is -2.06. The van der Waals surface area contributed by atoms with Crippen LogP contribution in [-0.2, 0) is 11.2 Å². The highest BCUT2D eigenvalue weighted by Crippen LogP contribution is 2.26. The third-order valence-electron chi connectivity index (χ3n) is 3.44. The Morgan fingerprint density at radius 2 is 2.08 bits per heavy atom. The van der Waals surface area contributed by atoms with Crippen molar-refractivity contribution >= 4 is 28.9 Å². The maximum atomic E-state index is 10.9. The molecule has 0 unspecified atom stereocenters. The largest absolute Gasteiger partial charge is 0.356 e. The first-order valence-corrected chi connectivity index (χ1v) is 8.78. The highest BCUT2D eigenvalue weighted by Gasteiger charge is 2.07. The molecule has 128 valence electrons. The summed E-state index contributed by atoms with van der Waals surface area (Å²) in [5, 5.41) is 6.98. The number of thiazole rings is 1. The second-order valence-electron chi connectivity index (χ2n) is 5.60. The zero-order valence-electron chi connectivity index (χ0n) is 14.1. The van der Waals surface area contributed by atoms with E-state index in [4.69, 9.17) is 0 Å². The van der Waals surface area contributed by atoms with E-state index in [9.17, 15) is 4.79 Å². The van der Waals surface area contributed by atoms with Gasteiger partial charge in [0.2, 0.25) is 5.91 Å². The third kappa shape index (κ3) is 4.84. The summed E-state index contributed by atoms with van der Waals surface area (Å²) < 4.78 is 0. The molecule has 3 heterocycles. The molecule has 0 aliphatic heterocycles. The summed E-state index contributed by atoms with van der Waals surface area (Å²) in [6.07, 6.45) is 4.31. The Balaban J connectivity index is 1.71. The zero-order valence-corrected chi connectivity index (χ0v) is 14.9.